The zero-order valence-electron chi connectivity index (χ0n) is 11.9. The van der Waals surface area contributed by atoms with E-state index in [2.05, 4.69) is 10.6 Å². The van der Waals surface area contributed by atoms with Crippen molar-refractivity contribution in [2.75, 3.05) is 12.4 Å². The van der Waals surface area contributed by atoms with Crippen molar-refractivity contribution in [3.63, 3.8) is 0 Å². The number of methoxy groups -OCH3 is 1. The Morgan fingerprint density at radius 2 is 2.10 bits per heavy atom. The summed E-state index contributed by atoms with van der Waals surface area (Å²) in [6.07, 6.45) is 0.444. The van der Waals surface area contributed by atoms with Gasteiger partial charge < -0.3 is 20.5 Å². The number of urea groups is 1. The van der Waals surface area contributed by atoms with Gasteiger partial charge in [0.05, 0.1) is 19.2 Å². The van der Waals surface area contributed by atoms with Gasteiger partial charge in [0.2, 0.25) is 0 Å². The number of carbonyl (C=O) groups excluding carboxylic acids is 1. The first-order valence-electron chi connectivity index (χ1n) is 6.40. The van der Waals surface area contributed by atoms with Crippen LogP contribution in [-0.4, -0.2) is 30.3 Å². The Balaban J connectivity index is 2.70. The number of hydrogen-bond acceptors (Lipinski definition) is 3. The van der Waals surface area contributed by atoms with E-state index in [1.807, 2.05) is 19.9 Å². The van der Waals surface area contributed by atoms with Gasteiger partial charge in [0.25, 0.3) is 0 Å². The van der Waals surface area contributed by atoms with Crippen molar-refractivity contribution in [2.45, 2.75) is 32.7 Å². The maximum atomic E-state index is 11.9. The Hall–Kier alpha value is -2.24. The van der Waals surface area contributed by atoms with Crippen LogP contribution in [0.5, 0.6) is 5.75 Å². The maximum absolute atomic E-state index is 11.9. The van der Waals surface area contributed by atoms with Crippen LogP contribution in [0, 0.1) is 6.92 Å². The Kier molecular flexibility index (Phi) is 5.83. The quantitative estimate of drug-likeness (QED) is 0.746. The largest absolute Gasteiger partial charge is 0.495 e. The van der Waals surface area contributed by atoms with Gasteiger partial charge in [0.15, 0.2) is 0 Å². The van der Waals surface area contributed by atoms with Crippen molar-refractivity contribution < 1.29 is 19.4 Å². The van der Waals surface area contributed by atoms with Crippen molar-refractivity contribution >= 4 is 17.7 Å². The molecule has 0 saturated heterocycles. The molecule has 0 spiro atoms. The number of aliphatic carboxylic acids is 1. The third kappa shape index (κ3) is 4.79. The molecule has 2 amide bonds. The number of hydrogen-bond donors (Lipinski definition) is 3. The number of aryl methyl sites for hydroxylation is 1. The molecule has 0 radical (unpaired) electrons. The van der Waals surface area contributed by atoms with Crippen LogP contribution in [0.3, 0.4) is 0 Å². The van der Waals surface area contributed by atoms with Crippen LogP contribution in [0.15, 0.2) is 18.2 Å². The lowest BCUT2D eigenvalue weighted by Gasteiger charge is -2.16. The fraction of sp³-hybridized carbons (Fsp3) is 0.429. The topological polar surface area (TPSA) is 87.7 Å². The summed E-state index contributed by atoms with van der Waals surface area (Å²) < 4.78 is 5.16. The molecule has 20 heavy (non-hydrogen) atoms. The first kappa shape index (κ1) is 15.8. The number of carboxylic acids is 1. The highest BCUT2D eigenvalue weighted by Crippen LogP contribution is 2.25. The smallest absolute Gasteiger partial charge is 0.319 e. The molecule has 1 atom stereocenters. The second-order valence-corrected chi connectivity index (χ2v) is 4.51. The fourth-order valence-electron chi connectivity index (χ4n) is 1.77. The number of nitrogens with one attached hydrogen (secondary N) is 2. The summed E-state index contributed by atoms with van der Waals surface area (Å²) in [6.45, 7) is 3.73. The van der Waals surface area contributed by atoms with Crippen LogP contribution >= 0.6 is 0 Å². The molecule has 3 N–H and O–H groups in total. The molecular formula is C14H20N2O4. The summed E-state index contributed by atoms with van der Waals surface area (Å²) in [5, 5.41) is 14.0. The predicted octanol–water partition coefficient (Wildman–Crippen LogP) is 2.38. The minimum atomic E-state index is -0.940. The molecule has 0 aliphatic heterocycles. The molecule has 0 aliphatic rings. The van der Waals surface area contributed by atoms with Crippen LogP contribution in [-0.2, 0) is 4.79 Å². The number of anilines is 1. The van der Waals surface area contributed by atoms with E-state index in [4.69, 9.17) is 9.84 Å². The van der Waals surface area contributed by atoms with Gasteiger partial charge in [-0.05, 0) is 31.0 Å². The van der Waals surface area contributed by atoms with E-state index in [1.165, 1.54) is 7.11 Å². The van der Waals surface area contributed by atoms with E-state index in [9.17, 15) is 9.59 Å². The Morgan fingerprint density at radius 3 is 2.65 bits per heavy atom. The van der Waals surface area contributed by atoms with Crippen LogP contribution in [0.2, 0.25) is 0 Å². The number of carbonyl (C=O) groups is 2. The monoisotopic (exact) mass is 280 g/mol. The van der Waals surface area contributed by atoms with Crippen molar-refractivity contribution in [3.8, 4) is 5.75 Å². The summed E-state index contributed by atoms with van der Waals surface area (Å²) >= 11 is 0. The first-order chi connectivity index (χ1) is 9.46. The van der Waals surface area contributed by atoms with Crippen molar-refractivity contribution in [2.24, 2.45) is 0 Å². The second-order valence-electron chi connectivity index (χ2n) is 4.51. The average Bonchev–Trinajstić information content (AvgIpc) is 2.37. The first-order valence-corrected chi connectivity index (χ1v) is 6.40. The molecule has 6 nitrogen and oxygen atoms in total. The lowest BCUT2D eigenvalue weighted by molar-refractivity contribution is -0.137. The van der Waals surface area contributed by atoms with Crippen molar-refractivity contribution in [3.05, 3.63) is 23.8 Å². The third-order valence-corrected chi connectivity index (χ3v) is 2.85. The van der Waals surface area contributed by atoms with Gasteiger partial charge in [-0.2, -0.15) is 0 Å². The van der Waals surface area contributed by atoms with Gasteiger partial charge in [0, 0.05) is 6.04 Å². The molecule has 1 unspecified atom stereocenters. The third-order valence-electron chi connectivity index (χ3n) is 2.85. The van der Waals surface area contributed by atoms with E-state index in [-0.39, 0.29) is 6.42 Å². The van der Waals surface area contributed by atoms with Gasteiger partial charge in [-0.15, -0.1) is 0 Å². The molecule has 0 bridgehead atoms. The van der Waals surface area contributed by atoms with E-state index in [0.29, 0.717) is 17.9 Å². The minimum Gasteiger partial charge on any atom is -0.495 e. The number of benzene rings is 1. The molecule has 110 valence electrons. The van der Waals surface area contributed by atoms with E-state index in [0.717, 1.165) is 5.56 Å². The summed E-state index contributed by atoms with van der Waals surface area (Å²) in [5.74, 6) is -0.387. The zero-order chi connectivity index (χ0) is 15.1. The number of ether oxygens (including phenoxy) is 1. The van der Waals surface area contributed by atoms with Crippen LogP contribution in [0.4, 0.5) is 10.5 Å². The number of amides is 2. The van der Waals surface area contributed by atoms with Crippen molar-refractivity contribution in [1.82, 2.24) is 5.32 Å². The van der Waals surface area contributed by atoms with Gasteiger partial charge in [-0.25, -0.2) is 4.79 Å². The lowest BCUT2D eigenvalue weighted by atomic mass is 10.1. The molecule has 1 aromatic rings. The predicted molar refractivity (Wildman–Crippen MR) is 76.2 cm³/mol. The van der Waals surface area contributed by atoms with E-state index < -0.39 is 18.0 Å². The maximum Gasteiger partial charge on any atom is 0.319 e. The minimum absolute atomic E-state index is 0.102. The summed E-state index contributed by atoms with van der Waals surface area (Å²) in [5.41, 5.74) is 1.54. The van der Waals surface area contributed by atoms with Crippen molar-refractivity contribution in [1.29, 1.82) is 0 Å². The van der Waals surface area contributed by atoms with E-state index in [1.54, 1.807) is 12.1 Å². The molecule has 0 fully saturated rings. The van der Waals surface area contributed by atoms with Crippen LogP contribution < -0.4 is 15.4 Å². The summed E-state index contributed by atoms with van der Waals surface area (Å²) in [4.78, 5) is 22.5. The molecule has 0 aromatic heterocycles. The standard InChI is InChI=1S/C14H20N2O4/c1-4-10(8-13(17)18)15-14(19)16-11-7-9(2)5-6-12(11)20-3/h5-7,10H,4,8H2,1-3H3,(H,17,18)(H2,15,16,19). The average molecular weight is 280 g/mol. The second kappa shape index (κ2) is 7.37. The SMILES string of the molecule is CCC(CC(=O)O)NC(=O)Nc1cc(C)ccc1OC. The normalized spacial score (nSPS) is 11.6. The molecule has 0 aliphatic carbocycles. The van der Waals surface area contributed by atoms with Crippen LogP contribution in [0.25, 0.3) is 0 Å². The zero-order valence-corrected chi connectivity index (χ0v) is 11.9. The van der Waals surface area contributed by atoms with Gasteiger partial charge in [-0.1, -0.05) is 13.0 Å². The molecule has 6 heteroatoms. The Morgan fingerprint density at radius 1 is 1.40 bits per heavy atom. The number of rotatable bonds is 6. The molecule has 0 saturated carbocycles. The molecule has 1 rings (SSSR count). The highest BCUT2D eigenvalue weighted by Gasteiger charge is 2.15. The van der Waals surface area contributed by atoms with Gasteiger partial charge >= 0.3 is 12.0 Å². The summed E-state index contributed by atoms with van der Waals surface area (Å²) in [7, 11) is 1.52. The Labute approximate surface area is 118 Å². The van der Waals surface area contributed by atoms with Gasteiger partial charge in [-0.3, -0.25) is 4.79 Å². The highest BCUT2D eigenvalue weighted by atomic mass is 16.5. The van der Waals surface area contributed by atoms with Gasteiger partial charge in [0.1, 0.15) is 5.75 Å². The summed E-state index contributed by atoms with van der Waals surface area (Å²) in [6, 6.07) is 4.59. The number of carboxylic acid groups (broad SMARTS) is 1. The molecular weight excluding hydrogens is 260 g/mol. The molecule has 0 heterocycles. The fourth-order valence-corrected chi connectivity index (χ4v) is 1.77. The lowest BCUT2D eigenvalue weighted by Crippen LogP contribution is -2.38. The Bertz CT molecular complexity index is 488. The van der Waals surface area contributed by atoms with E-state index >= 15 is 0 Å². The highest BCUT2D eigenvalue weighted by molar-refractivity contribution is 5.91. The molecule has 1 aromatic carbocycles. The van der Waals surface area contributed by atoms with Crippen LogP contribution in [0.1, 0.15) is 25.3 Å².